The summed E-state index contributed by atoms with van der Waals surface area (Å²) >= 11 is 0. The van der Waals surface area contributed by atoms with Gasteiger partial charge < -0.3 is 8.37 Å². The summed E-state index contributed by atoms with van der Waals surface area (Å²) in [6.07, 6.45) is 23.6. The molecule has 4 atom stereocenters. The molecule has 0 aromatic carbocycles. The molecule has 134 valence electrons. The summed E-state index contributed by atoms with van der Waals surface area (Å²) in [5, 5.41) is -0.339. The van der Waals surface area contributed by atoms with E-state index in [1.807, 2.05) is 60.8 Å². The highest BCUT2D eigenvalue weighted by Gasteiger charge is 2.59. The van der Waals surface area contributed by atoms with Crippen LogP contribution in [0.3, 0.4) is 0 Å². The van der Waals surface area contributed by atoms with Gasteiger partial charge in [0.2, 0.25) is 0 Å². The lowest BCUT2D eigenvalue weighted by Crippen LogP contribution is -2.51. The first-order valence-corrected chi connectivity index (χ1v) is 10.6. The topological polar surface area (TPSA) is 52.6 Å². The first-order valence-electron chi connectivity index (χ1n) is 9.01. The van der Waals surface area contributed by atoms with E-state index in [2.05, 4.69) is 12.2 Å². The van der Waals surface area contributed by atoms with Crippen molar-refractivity contribution in [2.24, 2.45) is 11.8 Å². The largest absolute Gasteiger partial charge is 0.357 e. The maximum Gasteiger partial charge on any atom is 0.357 e. The van der Waals surface area contributed by atoms with Crippen molar-refractivity contribution in [3.8, 4) is 0 Å². The lowest BCUT2D eigenvalue weighted by atomic mass is 9.81. The minimum Gasteiger partial charge on any atom is -0.339 e. The van der Waals surface area contributed by atoms with Crippen LogP contribution < -0.4 is 0 Å². The van der Waals surface area contributed by atoms with Crippen LogP contribution in [-0.2, 0) is 18.0 Å². The van der Waals surface area contributed by atoms with Crippen molar-refractivity contribution in [2.75, 3.05) is 0 Å². The van der Waals surface area contributed by atoms with Crippen LogP contribution in [0.2, 0.25) is 0 Å². The third-order valence-electron chi connectivity index (χ3n) is 6.00. The lowest BCUT2D eigenvalue weighted by Gasteiger charge is -2.60. The van der Waals surface area contributed by atoms with Gasteiger partial charge in [0.05, 0.1) is 10.5 Å². The minimum absolute atomic E-state index is 0.114. The highest BCUT2D eigenvalue weighted by molar-refractivity contribution is 8.27. The standard InChI is InChI=1S/C22H16O4S/c23-21-15-9-1-5-13-7-3-11-17(19(13)15)27(25-21)18-12-4-8-14-6-2-10-16(20(14)18)22(24)26-27/h1-12,17-20H. The summed E-state index contributed by atoms with van der Waals surface area (Å²) < 4.78 is 12.1. The van der Waals surface area contributed by atoms with Gasteiger partial charge in [0, 0.05) is 23.0 Å². The summed E-state index contributed by atoms with van der Waals surface area (Å²) in [6, 6.07) is 0. The van der Waals surface area contributed by atoms with Gasteiger partial charge in [-0.15, -0.1) is 0 Å². The van der Waals surface area contributed by atoms with E-state index in [0.29, 0.717) is 11.1 Å². The second kappa shape index (κ2) is 5.14. The highest BCUT2D eigenvalue weighted by Crippen LogP contribution is 2.72. The van der Waals surface area contributed by atoms with Gasteiger partial charge in [-0.3, -0.25) is 0 Å². The number of carbonyl (C=O) groups excluding carboxylic acids is 2. The Balaban J connectivity index is 1.55. The number of hydrogen-bond acceptors (Lipinski definition) is 4. The summed E-state index contributed by atoms with van der Waals surface area (Å²) in [5.41, 5.74) is 3.43. The Morgan fingerprint density at radius 1 is 0.667 bits per heavy atom. The molecule has 4 aliphatic carbocycles. The van der Waals surface area contributed by atoms with Crippen LogP contribution in [-0.4, -0.2) is 22.4 Å². The summed E-state index contributed by atoms with van der Waals surface area (Å²) in [5.74, 6) is -0.964. The summed E-state index contributed by atoms with van der Waals surface area (Å²) in [4.78, 5) is 25.9. The second-order valence-corrected chi connectivity index (χ2v) is 9.88. The molecule has 0 amide bonds. The molecule has 6 aliphatic rings. The van der Waals surface area contributed by atoms with Crippen molar-refractivity contribution in [1.29, 1.82) is 0 Å². The number of fused-ring (bicyclic) bond motifs is 2. The Labute approximate surface area is 158 Å². The molecule has 2 aliphatic heterocycles. The molecule has 27 heavy (non-hydrogen) atoms. The predicted molar refractivity (Wildman–Crippen MR) is 103 cm³/mol. The summed E-state index contributed by atoms with van der Waals surface area (Å²) in [6.45, 7) is 0. The quantitative estimate of drug-likeness (QED) is 0.647. The second-order valence-electron chi connectivity index (χ2n) is 7.28. The fourth-order valence-corrected chi connectivity index (χ4v) is 8.36. The minimum atomic E-state index is -2.49. The predicted octanol–water partition coefficient (Wildman–Crippen LogP) is 3.69. The molecule has 4 nitrogen and oxygen atoms in total. The number of rotatable bonds is 0. The number of carbonyl (C=O) groups is 2. The molecule has 5 heteroatoms. The average Bonchev–Trinajstić information content (AvgIpc) is 2.70. The van der Waals surface area contributed by atoms with Crippen LogP contribution >= 0.6 is 10.6 Å². The molecule has 0 saturated carbocycles. The van der Waals surface area contributed by atoms with Crippen molar-refractivity contribution in [3.05, 3.63) is 95.2 Å². The van der Waals surface area contributed by atoms with Crippen LogP contribution in [0.1, 0.15) is 0 Å². The van der Waals surface area contributed by atoms with E-state index in [9.17, 15) is 9.59 Å². The van der Waals surface area contributed by atoms with E-state index in [1.54, 1.807) is 0 Å². The van der Waals surface area contributed by atoms with E-state index < -0.39 is 10.6 Å². The van der Waals surface area contributed by atoms with Crippen LogP contribution in [0.5, 0.6) is 0 Å². The van der Waals surface area contributed by atoms with Gasteiger partial charge in [-0.05, 0) is 11.1 Å². The van der Waals surface area contributed by atoms with Crippen LogP contribution in [0.15, 0.2) is 95.2 Å². The average molecular weight is 376 g/mol. The zero-order valence-corrected chi connectivity index (χ0v) is 15.1. The van der Waals surface area contributed by atoms with Crippen molar-refractivity contribution in [2.45, 2.75) is 10.5 Å². The zero-order chi connectivity index (χ0) is 18.2. The Kier molecular flexibility index (Phi) is 2.91. The molecule has 0 N–H and O–H groups in total. The van der Waals surface area contributed by atoms with Crippen LogP contribution in [0, 0.1) is 11.8 Å². The normalized spacial score (nSPS) is 41.9. The smallest absolute Gasteiger partial charge is 0.339 e. The fraction of sp³-hybridized carbons (Fsp3) is 0.182. The third-order valence-corrected chi connectivity index (χ3v) is 9.20. The van der Waals surface area contributed by atoms with E-state index >= 15 is 0 Å². The first-order chi connectivity index (χ1) is 13.2. The molecule has 2 heterocycles. The summed E-state index contributed by atoms with van der Waals surface area (Å²) in [7, 11) is -2.49. The molecular formula is C22H16O4S. The van der Waals surface area contributed by atoms with Gasteiger partial charge >= 0.3 is 11.9 Å². The Hall–Kier alpha value is -2.79. The third kappa shape index (κ3) is 1.85. The fourth-order valence-electron chi connectivity index (χ4n) is 4.87. The molecular weight excluding hydrogens is 360 g/mol. The van der Waals surface area contributed by atoms with Gasteiger partial charge in [-0.1, -0.05) is 83.5 Å². The highest BCUT2D eigenvalue weighted by atomic mass is 32.3. The van der Waals surface area contributed by atoms with Gasteiger partial charge in [0.15, 0.2) is 0 Å². The van der Waals surface area contributed by atoms with Crippen molar-refractivity contribution >= 4 is 22.5 Å². The van der Waals surface area contributed by atoms with Gasteiger partial charge in [-0.25, -0.2) is 9.59 Å². The van der Waals surface area contributed by atoms with Gasteiger partial charge in [0.25, 0.3) is 0 Å². The van der Waals surface area contributed by atoms with E-state index in [1.165, 1.54) is 0 Å². The molecule has 0 radical (unpaired) electrons. The van der Waals surface area contributed by atoms with E-state index in [0.717, 1.165) is 11.1 Å². The maximum atomic E-state index is 12.9. The van der Waals surface area contributed by atoms with E-state index in [-0.39, 0.29) is 34.3 Å². The molecule has 4 unspecified atom stereocenters. The molecule has 6 rings (SSSR count). The lowest BCUT2D eigenvalue weighted by molar-refractivity contribution is -0.135. The number of hydrogen-bond donors (Lipinski definition) is 0. The molecule has 2 fully saturated rings. The SMILES string of the molecule is O=C1OS2(OC(=O)C3=CC=CC4=CC=CC2C43)C2C=CC=C3C=CC=C1C32. The Morgan fingerprint density at radius 3 is 1.63 bits per heavy atom. The van der Waals surface area contributed by atoms with Crippen molar-refractivity contribution in [3.63, 3.8) is 0 Å². The Bertz CT molecular complexity index is 962. The zero-order valence-electron chi connectivity index (χ0n) is 14.3. The number of allylic oxidation sites excluding steroid dienone is 12. The molecule has 2 saturated heterocycles. The maximum absolute atomic E-state index is 12.9. The van der Waals surface area contributed by atoms with Crippen molar-refractivity contribution in [1.82, 2.24) is 0 Å². The monoisotopic (exact) mass is 376 g/mol. The Morgan fingerprint density at radius 2 is 1.15 bits per heavy atom. The van der Waals surface area contributed by atoms with Crippen molar-refractivity contribution < 1.29 is 18.0 Å². The van der Waals surface area contributed by atoms with Crippen LogP contribution in [0.4, 0.5) is 0 Å². The molecule has 1 spiro atoms. The molecule has 0 aromatic rings. The van der Waals surface area contributed by atoms with E-state index in [4.69, 9.17) is 8.37 Å². The van der Waals surface area contributed by atoms with Crippen LogP contribution in [0.25, 0.3) is 0 Å². The van der Waals surface area contributed by atoms with Gasteiger partial charge in [0.1, 0.15) is 0 Å². The van der Waals surface area contributed by atoms with Gasteiger partial charge in [-0.2, -0.15) is 0 Å². The molecule has 0 aromatic heterocycles. The molecule has 0 bridgehead atoms. The first kappa shape index (κ1) is 15.3.